The van der Waals surface area contributed by atoms with Gasteiger partial charge in [0.05, 0.1) is 18.8 Å². The highest BCUT2D eigenvalue weighted by Gasteiger charge is 2.34. The molecule has 0 aromatic heterocycles. The molecule has 0 spiro atoms. The largest absolute Gasteiger partial charge is 0.381 e. The van der Waals surface area contributed by atoms with Crippen LogP contribution >= 0.6 is 0 Å². The Morgan fingerprint density at radius 1 is 1.33 bits per heavy atom. The van der Waals surface area contributed by atoms with E-state index in [1.54, 1.807) is 0 Å². The molecule has 0 bridgehead atoms. The van der Waals surface area contributed by atoms with E-state index in [-0.39, 0.29) is 12.1 Å². The number of nitrogens with one attached hydrogen (secondary N) is 1. The Morgan fingerprint density at radius 2 is 2.00 bits per heavy atom. The van der Waals surface area contributed by atoms with Crippen molar-refractivity contribution in [2.75, 3.05) is 19.8 Å². The molecule has 4 heteroatoms. The maximum Gasteiger partial charge on any atom is 0.156 e. The summed E-state index contributed by atoms with van der Waals surface area (Å²) in [6.45, 7) is 5.93. The highest BCUT2D eigenvalue weighted by Crippen LogP contribution is 2.24. The predicted octanol–water partition coefficient (Wildman–Crippen LogP) is 2.60. The summed E-state index contributed by atoms with van der Waals surface area (Å²) < 4.78 is 11.4. The SMILES string of the molecule is CC(C)NC(C#N)(COC1CCOCC1)c1ccccc1. The quantitative estimate of drug-likeness (QED) is 0.874. The second-order valence-corrected chi connectivity index (χ2v) is 5.80. The summed E-state index contributed by atoms with van der Waals surface area (Å²) in [5, 5.41) is 13.2. The highest BCUT2D eigenvalue weighted by molar-refractivity contribution is 5.31. The van der Waals surface area contributed by atoms with Crippen molar-refractivity contribution in [3.8, 4) is 6.07 Å². The summed E-state index contributed by atoms with van der Waals surface area (Å²) in [7, 11) is 0. The second kappa shape index (κ2) is 7.56. The van der Waals surface area contributed by atoms with Crippen molar-refractivity contribution >= 4 is 0 Å². The van der Waals surface area contributed by atoms with Crippen molar-refractivity contribution in [1.82, 2.24) is 5.32 Å². The van der Waals surface area contributed by atoms with Gasteiger partial charge >= 0.3 is 0 Å². The van der Waals surface area contributed by atoms with Gasteiger partial charge in [0.1, 0.15) is 0 Å². The van der Waals surface area contributed by atoms with E-state index in [1.807, 2.05) is 44.2 Å². The molecule has 1 N–H and O–H groups in total. The van der Waals surface area contributed by atoms with Crippen molar-refractivity contribution < 1.29 is 9.47 Å². The number of nitriles is 1. The summed E-state index contributed by atoms with van der Waals surface area (Å²) in [4.78, 5) is 0. The molecular formula is C17H24N2O2. The predicted molar refractivity (Wildman–Crippen MR) is 81.8 cm³/mol. The van der Waals surface area contributed by atoms with Crippen molar-refractivity contribution in [1.29, 1.82) is 5.26 Å². The van der Waals surface area contributed by atoms with Crippen LogP contribution in [0.25, 0.3) is 0 Å². The third-order valence-corrected chi connectivity index (χ3v) is 3.70. The first-order valence-electron chi connectivity index (χ1n) is 7.60. The van der Waals surface area contributed by atoms with Crippen LogP contribution in [-0.4, -0.2) is 32.0 Å². The van der Waals surface area contributed by atoms with Crippen LogP contribution in [0.1, 0.15) is 32.3 Å². The van der Waals surface area contributed by atoms with Gasteiger partial charge in [-0.25, -0.2) is 0 Å². The molecular weight excluding hydrogens is 264 g/mol. The van der Waals surface area contributed by atoms with Crippen molar-refractivity contribution in [3.63, 3.8) is 0 Å². The Kier molecular flexibility index (Phi) is 5.75. The van der Waals surface area contributed by atoms with Gasteiger partial charge in [-0.15, -0.1) is 0 Å². The molecule has 0 aliphatic carbocycles. The Bertz CT molecular complexity index is 463. The zero-order chi connectivity index (χ0) is 15.1. The molecule has 21 heavy (non-hydrogen) atoms. The van der Waals surface area contributed by atoms with Gasteiger partial charge in [0.2, 0.25) is 0 Å². The summed E-state index contributed by atoms with van der Waals surface area (Å²) in [6, 6.07) is 12.5. The van der Waals surface area contributed by atoms with Crippen LogP contribution in [0.4, 0.5) is 0 Å². The van der Waals surface area contributed by atoms with E-state index in [2.05, 4.69) is 11.4 Å². The van der Waals surface area contributed by atoms with E-state index in [0.717, 1.165) is 31.6 Å². The number of hydrogen-bond acceptors (Lipinski definition) is 4. The Hall–Kier alpha value is -1.41. The third-order valence-electron chi connectivity index (χ3n) is 3.70. The van der Waals surface area contributed by atoms with Gasteiger partial charge in [-0.3, -0.25) is 5.32 Å². The van der Waals surface area contributed by atoms with E-state index in [9.17, 15) is 5.26 Å². The lowest BCUT2D eigenvalue weighted by Gasteiger charge is -2.33. The van der Waals surface area contributed by atoms with E-state index >= 15 is 0 Å². The number of benzene rings is 1. The molecule has 1 atom stereocenters. The fourth-order valence-corrected chi connectivity index (χ4v) is 2.64. The maximum atomic E-state index is 9.79. The fourth-order valence-electron chi connectivity index (χ4n) is 2.64. The normalized spacial score (nSPS) is 19.1. The summed E-state index contributed by atoms with van der Waals surface area (Å²) in [5.74, 6) is 0. The number of hydrogen-bond donors (Lipinski definition) is 1. The topological polar surface area (TPSA) is 54.3 Å². The van der Waals surface area contributed by atoms with Crippen molar-refractivity contribution in [3.05, 3.63) is 35.9 Å². The van der Waals surface area contributed by atoms with Gasteiger partial charge in [-0.1, -0.05) is 30.3 Å². The first kappa shape index (κ1) is 16.0. The molecule has 1 unspecified atom stereocenters. The lowest BCUT2D eigenvalue weighted by atomic mass is 9.91. The van der Waals surface area contributed by atoms with Crippen LogP contribution < -0.4 is 5.32 Å². The number of ether oxygens (including phenoxy) is 2. The standard InChI is InChI=1S/C17H24N2O2/c1-14(2)19-17(12-18,15-6-4-3-5-7-15)13-21-16-8-10-20-11-9-16/h3-7,14,16,19H,8-11,13H2,1-2H3. The Labute approximate surface area is 127 Å². The lowest BCUT2D eigenvalue weighted by Crippen LogP contribution is -2.49. The molecule has 0 saturated carbocycles. The molecule has 0 amide bonds. The number of rotatable bonds is 6. The van der Waals surface area contributed by atoms with Gasteiger partial charge in [0.25, 0.3) is 0 Å². The zero-order valence-corrected chi connectivity index (χ0v) is 12.8. The van der Waals surface area contributed by atoms with E-state index in [0.29, 0.717) is 6.61 Å². The van der Waals surface area contributed by atoms with Gasteiger partial charge in [-0.2, -0.15) is 5.26 Å². The molecule has 1 saturated heterocycles. The summed E-state index contributed by atoms with van der Waals surface area (Å²) >= 11 is 0. The molecule has 1 aliphatic heterocycles. The Balaban J connectivity index is 2.13. The van der Waals surface area contributed by atoms with Gasteiger partial charge in [-0.05, 0) is 32.3 Å². The highest BCUT2D eigenvalue weighted by atomic mass is 16.5. The molecule has 1 aliphatic rings. The average molecular weight is 288 g/mol. The van der Waals surface area contributed by atoms with Crippen LogP contribution in [0.5, 0.6) is 0 Å². The molecule has 1 aromatic carbocycles. The minimum absolute atomic E-state index is 0.184. The van der Waals surface area contributed by atoms with Crippen LogP contribution in [-0.2, 0) is 15.0 Å². The van der Waals surface area contributed by atoms with Gasteiger partial charge < -0.3 is 9.47 Å². The summed E-state index contributed by atoms with van der Waals surface area (Å²) in [5.41, 5.74) is 0.154. The van der Waals surface area contributed by atoms with Crippen molar-refractivity contribution in [2.24, 2.45) is 0 Å². The van der Waals surface area contributed by atoms with E-state index in [4.69, 9.17) is 9.47 Å². The smallest absolute Gasteiger partial charge is 0.156 e. The first-order chi connectivity index (χ1) is 10.2. The fraction of sp³-hybridized carbons (Fsp3) is 0.588. The minimum atomic E-state index is -0.798. The molecule has 114 valence electrons. The molecule has 0 radical (unpaired) electrons. The van der Waals surface area contributed by atoms with Crippen molar-refractivity contribution in [2.45, 2.75) is 44.4 Å². The Morgan fingerprint density at radius 3 is 2.57 bits per heavy atom. The second-order valence-electron chi connectivity index (χ2n) is 5.80. The third kappa shape index (κ3) is 4.28. The average Bonchev–Trinajstić information content (AvgIpc) is 2.53. The van der Waals surface area contributed by atoms with Gasteiger partial charge in [0, 0.05) is 19.3 Å². The molecule has 2 rings (SSSR count). The zero-order valence-electron chi connectivity index (χ0n) is 12.8. The van der Waals surface area contributed by atoms with Gasteiger partial charge in [0.15, 0.2) is 5.54 Å². The van der Waals surface area contributed by atoms with Crippen LogP contribution in [0, 0.1) is 11.3 Å². The van der Waals surface area contributed by atoms with E-state index in [1.165, 1.54) is 0 Å². The van der Waals surface area contributed by atoms with Crippen LogP contribution in [0.15, 0.2) is 30.3 Å². The molecule has 4 nitrogen and oxygen atoms in total. The monoisotopic (exact) mass is 288 g/mol. The maximum absolute atomic E-state index is 9.79. The minimum Gasteiger partial charge on any atom is -0.381 e. The van der Waals surface area contributed by atoms with E-state index < -0.39 is 5.54 Å². The molecule has 1 heterocycles. The molecule has 1 fully saturated rings. The molecule has 1 aromatic rings. The van der Waals surface area contributed by atoms with Crippen LogP contribution in [0.2, 0.25) is 0 Å². The lowest BCUT2D eigenvalue weighted by molar-refractivity contribution is -0.0465. The summed E-state index contributed by atoms with van der Waals surface area (Å²) in [6.07, 6.45) is 1.99. The van der Waals surface area contributed by atoms with Crippen LogP contribution in [0.3, 0.4) is 0 Å². The number of nitrogens with zero attached hydrogens (tertiary/aromatic N) is 1. The first-order valence-corrected chi connectivity index (χ1v) is 7.60.